The molecule has 0 amide bonds. The first kappa shape index (κ1) is 20.8. The fourth-order valence-corrected chi connectivity index (χ4v) is 3.79. The van der Waals surface area contributed by atoms with Gasteiger partial charge in [-0.25, -0.2) is 13.0 Å². The molecule has 9 heteroatoms. The zero-order valence-electron chi connectivity index (χ0n) is 16.7. The lowest BCUT2D eigenvalue weighted by atomic mass is 10.0. The van der Waals surface area contributed by atoms with Gasteiger partial charge in [-0.05, 0) is 36.4 Å². The summed E-state index contributed by atoms with van der Waals surface area (Å²) in [4.78, 5) is 15.4. The van der Waals surface area contributed by atoms with Crippen molar-refractivity contribution in [2.45, 2.75) is 6.92 Å². The van der Waals surface area contributed by atoms with Crippen LogP contribution in [0.5, 0.6) is 11.5 Å². The lowest BCUT2D eigenvalue weighted by molar-refractivity contribution is 0.439. The zero-order chi connectivity index (χ0) is 22.1. The summed E-state index contributed by atoms with van der Waals surface area (Å²) in [6.45, 7) is 1.79. The Hall–Kier alpha value is -3.46. The topological polar surface area (TPSA) is 76.1 Å². The molecule has 2 aromatic heterocycles. The number of rotatable bonds is 6. The van der Waals surface area contributed by atoms with Crippen LogP contribution in [0.3, 0.4) is 0 Å². The molecule has 2 N–H and O–H groups in total. The number of aromatic amines is 1. The van der Waals surface area contributed by atoms with E-state index in [1.807, 2.05) is 0 Å². The molecule has 4 rings (SSSR count). The van der Waals surface area contributed by atoms with E-state index in [0.717, 1.165) is 12.1 Å². The second-order valence-electron chi connectivity index (χ2n) is 6.85. The fourth-order valence-electron chi connectivity index (χ4n) is 3.26. The highest BCUT2D eigenvalue weighted by molar-refractivity contribution is 7.86. The highest BCUT2D eigenvalue weighted by Crippen LogP contribution is 2.39. The summed E-state index contributed by atoms with van der Waals surface area (Å²) in [5.74, 6) is -0.989. The lowest BCUT2D eigenvalue weighted by Gasteiger charge is -2.16. The van der Waals surface area contributed by atoms with Gasteiger partial charge in [-0.2, -0.15) is 0 Å². The molecule has 0 aliphatic heterocycles. The van der Waals surface area contributed by atoms with Gasteiger partial charge in [0.1, 0.15) is 28.1 Å². The van der Waals surface area contributed by atoms with Crippen LogP contribution in [0.4, 0.5) is 14.5 Å². The predicted molar refractivity (Wildman–Crippen MR) is 118 cm³/mol. The molecule has 6 nitrogen and oxygen atoms in total. The molecule has 2 aromatic carbocycles. The number of anilines is 1. The van der Waals surface area contributed by atoms with Gasteiger partial charge in [0.25, 0.3) is 5.56 Å². The summed E-state index contributed by atoms with van der Waals surface area (Å²) in [7, 11) is 0.351. The van der Waals surface area contributed by atoms with Gasteiger partial charge in [-0.3, -0.25) is 4.79 Å². The number of halogens is 2. The number of fused-ring (bicyclic) bond motifs is 1. The molecule has 160 valence electrons. The number of aromatic nitrogens is 2. The Morgan fingerprint density at radius 1 is 1.10 bits per heavy atom. The van der Waals surface area contributed by atoms with E-state index in [1.54, 1.807) is 50.6 Å². The summed E-state index contributed by atoms with van der Waals surface area (Å²) in [6.07, 6.45) is 3.31. The largest absolute Gasteiger partial charge is 0.454 e. The molecule has 0 bridgehead atoms. The minimum Gasteiger partial charge on any atom is -0.454 e. The summed E-state index contributed by atoms with van der Waals surface area (Å²) in [5, 5.41) is 0.654. The molecule has 0 saturated carbocycles. The average molecular weight is 443 g/mol. The van der Waals surface area contributed by atoms with E-state index >= 15 is 0 Å². The quantitative estimate of drug-likeness (QED) is 0.454. The summed E-state index contributed by atoms with van der Waals surface area (Å²) >= 11 is 0. The third kappa shape index (κ3) is 4.09. The van der Waals surface area contributed by atoms with Crippen LogP contribution in [0, 0.1) is 11.6 Å². The maximum absolute atomic E-state index is 14.2. The van der Waals surface area contributed by atoms with Gasteiger partial charge in [0, 0.05) is 53.5 Å². The van der Waals surface area contributed by atoms with Crippen molar-refractivity contribution in [2.24, 2.45) is 7.05 Å². The normalized spacial score (nSPS) is 12.1. The Labute approximate surface area is 179 Å². The maximum Gasteiger partial charge on any atom is 0.274 e. The number of hydrogen-bond donors (Lipinski definition) is 2. The molecule has 1 unspecified atom stereocenters. The van der Waals surface area contributed by atoms with Crippen LogP contribution in [-0.4, -0.2) is 19.5 Å². The van der Waals surface area contributed by atoms with E-state index in [4.69, 9.17) is 4.74 Å². The molecule has 0 saturated heterocycles. The van der Waals surface area contributed by atoms with E-state index in [1.165, 1.54) is 10.6 Å². The molecule has 0 spiro atoms. The summed E-state index contributed by atoms with van der Waals surface area (Å²) < 4.78 is 49.6. The van der Waals surface area contributed by atoms with E-state index in [9.17, 15) is 17.8 Å². The molecule has 0 radical (unpaired) electrons. The van der Waals surface area contributed by atoms with E-state index in [-0.39, 0.29) is 11.3 Å². The minimum atomic E-state index is -1.27. The summed E-state index contributed by atoms with van der Waals surface area (Å²) in [5.41, 5.74) is 1.98. The molecule has 2 heterocycles. The standard InChI is InChI=1S/C22H19F2N3O3S/c1-3-31(29)26-14-5-7-19(30-20-6-4-13(23)10-18(20)24)16(11-14)17-12-27(2)22(28)21-15(17)8-9-25-21/h4-12,25-26H,3H2,1-2H3. The zero-order valence-corrected chi connectivity index (χ0v) is 17.6. The van der Waals surface area contributed by atoms with Crippen molar-refractivity contribution in [3.05, 3.63) is 76.8 Å². The molecule has 4 aromatic rings. The third-order valence-electron chi connectivity index (χ3n) is 4.77. The second-order valence-corrected chi connectivity index (χ2v) is 8.32. The second kappa shape index (κ2) is 8.35. The van der Waals surface area contributed by atoms with Gasteiger partial charge in [0.15, 0.2) is 11.6 Å². The van der Waals surface area contributed by atoms with Crippen molar-refractivity contribution in [1.29, 1.82) is 0 Å². The Kier molecular flexibility index (Phi) is 5.60. The third-order valence-corrected chi connectivity index (χ3v) is 5.76. The van der Waals surface area contributed by atoms with Gasteiger partial charge in [-0.15, -0.1) is 0 Å². The Morgan fingerprint density at radius 2 is 1.87 bits per heavy atom. The number of H-pyrrole nitrogens is 1. The molecular weight excluding hydrogens is 424 g/mol. The predicted octanol–water partition coefficient (Wildman–Crippen LogP) is 4.70. The molecule has 0 aliphatic rings. The number of hydrogen-bond acceptors (Lipinski definition) is 3. The van der Waals surface area contributed by atoms with Crippen LogP contribution >= 0.6 is 0 Å². The minimum absolute atomic E-state index is 0.143. The first-order chi connectivity index (χ1) is 14.9. The highest BCUT2D eigenvalue weighted by Gasteiger charge is 2.17. The first-order valence-corrected chi connectivity index (χ1v) is 10.8. The maximum atomic E-state index is 14.2. The Morgan fingerprint density at radius 3 is 2.61 bits per heavy atom. The molecule has 0 fully saturated rings. The monoisotopic (exact) mass is 443 g/mol. The van der Waals surface area contributed by atoms with Crippen LogP contribution in [0.25, 0.3) is 22.0 Å². The van der Waals surface area contributed by atoms with Crippen LogP contribution < -0.4 is 15.0 Å². The van der Waals surface area contributed by atoms with Crippen molar-refractivity contribution in [3.63, 3.8) is 0 Å². The van der Waals surface area contributed by atoms with Crippen molar-refractivity contribution < 1.29 is 17.7 Å². The number of pyridine rings is 1. The van der Waals surface area contributed by atoms with Gasteiger partial charge in [0.2, 0.25) is 0 Å². The van der Waals surface area contributed by atoms with Crippen molar-refractivity contribution in [1.82, 2.24) is 9.55 Å². The van der Waals surface area contributed by atoms with Crippen LogP contribution in [0.1, 0.15) is 6.92 Å². The first-order valence-electron chi connectivity index (χ1n) is 9.46. The number of ether oxygens (including phenoxy) is 1. The molecular formula is C22H19F2N3O3S. The number of nitrogens with one attached hydrogen (secondary N) is 2. The van der Waals surface area contributed by atoms with Crippen molar-refractivity contribution >= 4 is 27.6 Å². The SMILES string of the molecule is CCS(=O)Nc1ccc(Oc2ccc(F)cc2F)c(-c2cn(C)c(=O)c3[nH]ccc23)c1. The van der Waals surface area contributed by atoms with Crippen molar-refractivity contribution in [2.75, 3.05) is 10.5 Å². The van der Waals surface area contributed by atoms with Gasteiger partial charge in [-0.1, -0.05) is 6.92 Å². The van der Waals surface area contributed by atoms with Gasteiger partial charge < -0.3 is 19.0 Å². The molecule has 31 heavy (non-hydrogen) atoms. The van der Waals surface area contributed by atoms with Crippen LogP contribution in [-0.2, 0) is 18.0 Å². The fraction of sp³-hybridized carbons (Fsp3) is 0.136. The Balaban J connectivity index is 1.91. The number of benzene rings is 2. The van der Waals surface area contributed by atoms with E-state index in [0.29, 0.717) is 39.2 Å². The van der Waals surface area contributed by atoms with Gasteiger partial charge >= 0.3 is 0 Å². The number of nitrogens with zero attached hydrogens (tertiary/aromatic N) is 1. The van der Waals surface area contributed by atoms with Gasteiger partial charge in [0.05, 0.1) is 0 Å². The average Bonchev–Trinajstić information content (AvgIpc) is 3.24. The smallest absolute Gasteiger partial charge is 0.274 e. The van der Waals surface area contributed by atoms with Crippen LogP contribution in [0.2, 0.25) is 0 Å². The number of aryl methyl sites for hydroxylation is 1. The molecule has 0 aliphatic carbocycles. The lowest BCUT2D eigenvalue weighted by Crippen LogP contribution is -2.16. The van der Waals surface area contributed by atoms with Crippen molar-refractivity contribution in [3.8, 4) is 22.6 Å². The molecule has 1 atom stereocenters. The van der Waals surface area contributed by atoms with E-state index in [2.05, 4.69) is 9.71 Å². The van der Waals surface area contributed by atoms with Crippen LogP contribution in [0.15, 0.2) is 59.7 Å². The summed E-state index contributed by atoms with van der Waals surface area (Å²) in [6, 6.07) is 9.80. The highest BCUT2D eigenvalue weighted by atomic mass is 32.2. The Bertz CT molecular complexity index is 1360. The van der Waals surface area contributed by atoms with E-state index < -0.39 is 22.6 Å².